The van der Waals surface area contributed by atoms with Crippen LogP contribution < -0.4 is 5.32 Å². The summed E-state index contributed by atoms with van der Waals surface area (Å²) >= 11 is 0. The van der Waals surface area contributed by atoms with E-state index in [0.717, 1.165) is 29.7 Å². The minimum absolute atomic E-state index is 0.0133. The van der Waals surface area contributed by atoms with Crippen molar-refractivity contribution >= 4 is 6.03 Å². The van der Waals surface area contributed by atoms with Crippen molar-refractivity contribution < 1.29 is 9.18 Å². The van der Waals surface area contributed by atoms with Gasteiger partial charge in [-0.3, -0.25) is 4.68 Å². The van der Waals surface area contributed by atoms with E-state index in [4.69, 9.17) is 0 Å². The second kappa shape index (κ2) is 6.26. The topological polar surface area (TPSA) is 50.2 Å². The fourth-order valence-corrected chi connectivity index (χ4v) is 3.63. The summed E-state index contributed by atoms with van der Waals surface area (Å²) in [5.74, 6) is -0.252. The van der Waals surface area contributed by atoms with E-state index >= 15 is 0 Å². The number of hydrogen-bond acceptors (Lipinski definition) is 2. The quantitative estimate of drug-likeness (QED) is 0.920. The Balaban J connectivity index is 1.52. The summed E-state index contributed by atoms with van der Waals surface area (Å²) in [4.78, 5) is 14.4. The van der Waals surface area contributed by atoms with Crippen LogP contribution in [0.25, 0.3) is 11.1 Å². The summed E-state index contributed by atoms with van der Waals surface area (Å²) in [6, 6.07) is 6.75. The average Bonchev–Trinajstić information content (AvgIpc) is 3.24. The Morgan fingerprint density at radius 3 is 2.67 bits per heavy atom. The van der Waals surface area contributed by atoms with Crippen molar-refractivity contribution in [2.75, 3.05) is 6.54 Å². The summed E-state index contributed by atoms with van der Waals surface area (Å²) in [5, 5.41) is 7.56. The molecule has 1 aromatic heterocycles. The number of rotatable bonds is 2. The number of carbonyl (C=O) groups excluding carboxylic acids is 1. The van der Waals surface area contributed by atoms with Crippen LogP contribution in [0.3, 0.4) is 0 Å². The van der Waals surface area contributed by atoms with Gasteiger partial charge in [-0.05, 0) is 30.5 Å². The molecular formula is C18H21FN4O. The van der Waals surface area contributed by atoms with E-state index in [1.165, 1.54) is 25.0 Å². The third-order valence-electron chi connectivity index (χ3n) is 5.00. The molecule has 1 aliphatic carbocycles. The molecule has 2 heterocycles. The number of amides is 2. The van der Waals surface area contributed by atoms with Crippen LogP contribution in [0.1, 0.15) is 31.4 Å². The molecule has 0 saturated heterocycles. The number of aromatic nitrogens is 2. The summed E-state index contributed by atoms with van der Waals surface area (Å²) in [6.45, 7) is 1.88. The number of nitrogens with zero attached hydrogens (tertiary/aromatic N) is 3. The molecule has 1 aromatic carbocycles. The average molecular weight is 328 g/mol. The Morgan fingerprint density at radius 2 is 1.92 bits per heavy atom. The highest BCUT2D eigenvalue weighted by Crippen LogP contribution is 2.27. The van der Waals surface area contributed by atoms with Gasteiger partial charge in [0.05, 0.1) is 25.0 Å². The lowest BCUT2D eigenvalue weighted by Crippen LogP contribution is -2.47. The molecule has 0 radical (unpaired) electrons. The highest BCUT2D eigenvalue weighted by atomic mass is 19.1. The summed E-state index contributed by atoms with van der Waals surface area (Å²) < 4.78 is 15.1. The highest BCUT2D eigenvalue weighted by molar-refractivity contribution is 5.75. The van der Waals surface area contributed by atoms with Crippen molar-refractivity contribution in [2.45, 2.75) is 44.8 Å². The molecule has 5 nitrogen and oxygen atoms in total. The van der Waals surface area contributed by atoms with Crippen LogP contribution in [0.4, 0.5) is 9.18 Å². The number of carbonyl (C=O) groups is 1. The smallest absolute Gasteiger partial charge is 0.318 e. The Bertz CT molecular complexity index is 734. The first-order chi connectivity index (χ1) is 11.7. The zero-order valence-corrected chi connectivity index (χ0v) is 13.5. The number of urea groups is 1. The maximum Gasteiger partial charge on any atom is 0.318 e. The Morgan fingerprint density at radius 1 is 1.17 bits per heavy atom. The lowest BCUT2D eigenvalue weighted by Gasteiger charge is -2.29. The Labute approximate surface area is 140 Å². The van der Waals surface area contributed by atoms with Gasteiger partial charge in [-0.15, -0.1) is 0 Å². The SMILES string of the molecule is O=C(NC1CCCC1)N1CCn2ncc(-c3ccc(F)cc3)c2C1. The van der Waals surface area contributed by atoms with Gasteiger partial charge in [0, 0.05) is 18.2 Å². The first kappa shape index (κ1) is 15.2. The van der Waals surface area contributed by atoms with Crippen LogP contribution in [0, 0.1) is 5.82 Å². The zero-order chi connectivity index (χ0) is 16.5. The third-order valence-corrected chi connectivity index (χ3v) is 5.00. The van der Waals surface area contributed by atoms with Gasteiger partial charge in [0.2, 0.25) is 0 Å². The van der Waals surface area contributed by atoms with E-state index in [1.807, 2.05) is 9.58 Å². The molecule has 1 saturated carbocycles. The molecule has 2 aliphatic rings. The first-order valence-electron chi connectivity index (χ1n) is 8.57. The van der Waals surface area contributed by atoms with Crippen LogP contribution in [0.5, 0.6) is 0 Å². The Hall–Kier alpha value is -2.37. The fraction of sp³-hybridized carbons (Fsp3) is 0.444. The molecular weight excluding hydrogens is 307 g/mol. The molecule has 0 atom stereocenters. The minimum Gasteiger partial charge on any atom is -0.335 e. The standard InChI is InChI=1S/C18H21FN4O/c19-14-7-5-13(6-8-14)16-11-20-23-10-9-22(12-17(16)23)18(24)21-15-3-1-2-4-15/h5-8,11,15H,1-4,9-10,12H2,(H,21,24). The van der Waals surface area contributed by atoms with Gasteiger partial charge in [0.15, 0.2) is 0 Å². The molecule has 2 aromatic rings. The molecule has 2 amide bonds. The van der Waals surface area contributed by atoms with Gasteiger partial charge >= 0.3 is 6.03 Å². The number of fused-ring (bicyclic) bond motifs is 1. The van der Waals surface area contributed by atoms with Crippen LogP contribution in [-0.4, -0.2) is 33.3 Å². The van der Waals surface area contributed by atoms with E-state index in [2.05, 4.69) is 10.4 Å². The summed E-state index contributed by atoms with van der Waals surface area (Å²) in [5.41, 5.74) is 2.90. The van der Waals surface area contributed by atoms with Gasteiger partial charge in [-0.25, -0.2) is 9.18 Å². The van der Waals surface area contributed by atoms with Gasteiger partial charge in [0.25, 0.3) is 0 Å². The van der Waals surface area contributed by atoms with Crippen LogP contribution in [0.15, 0.2) is 30.5 Å². The van der Waals surface area contributed by atoms with Crippen molar-refractivity contribution in [1.82, 2.24) is 20.0 Å². The van der Waals surface area contributed by atoms with Gasteiger partial charge in [-0.1, -0.05) is 25.0 Å². The van der Waals surface area contributed by atoms with E-state index in [0.29, 0.717) is 25.7 Å². The largest absolute Gasteiger partial charge is 0.335 e. The monoisotopic (exact) mass is 328 g/mol. The van der Waals surface area contributed by atoms with Crippen molar-refractivity contribution in [2.24, 2.45) is 0 Å². The predicted molar refractivity (Wildman–Crippen MR) is 88.8 cm³/mol. The fourth-order valence-electron chi connectivity index (χ4n) is 3.63. The molecule has 0 spiro atoms. The molecule has 1 N–H and O–H groups in total. The molecule has 0 unspecified atom stereocenters. The number of halogens is 1. The molecule has 4 rings (SSSR count). The summed E-state index contributed by atoms with van der Waals surface area (Å²) in [7, 11) is 0. The zero-order valence-electron chi connectivity index (χ0n) is 13.5. The third kappa shape index (κ3) is 2.88. The second-order valence-electron chi connectivity index (χ2n) is 6.59. The van der Waals surface area contributed by atoms with Crippen LogP contribution in [0.2, 0.25) is 0 Å². The minimum atomic E-state index is -0.252. The lowest BCUT2D eigenvalue weighted by molar-refractivity contribution is 0.177. The predicted octanol–water partition coefficient (Wildman–Crippen LogP) is 3.16. The van der Waals surface area contributed by atoms with E-state index in [9.17, 15) is 9.18 Å². The lowest BCUT2D eigenvalue weighted by atomic mass is 10.1. The number of nitrogens with one attached hydrogen (secondary N) is 1. The van der Waals surface area contributed by atoms with Gasteiger partial charge in [-0.2, -0.15) is 5.10 Å². The van der Waals surface area contributed by atoms with Gasteiger partial charge in [0.1, 0.15) is 5.82 Å². The van der Waals surface area contributed by atoms with Crippen LogP contribution >= 0.6 is 0 Å². The maximum absolute atomic E-state index is 13.1. The molecule has 126 valence electrons. The van der Waals surface area contributed by atoms with E-state index in [-0.39, 0.29) is 11.8 Å². The number of hydrogen-bond donors (Lipinski definition) is 1. The van der Waals surface area contributed by atoms with E-state index < -0.39 is 0 Å². The Kier molecular flexibility index (Phi) is 3.96. The van der Waals surface area contributed by atoms with Crippen molar-refractivity contribution in [3.8, 4) is 11.1 Å². The molecule has 1 fully saturated rings. The number of benzene rings is 1. The van der Waals surface area contributed by atoms with Crippen molar-refractivity contribution in [3.63, 3.8) is 0 Å². The van der Waals surface area contributed by atoms with Crippen molar-refractivity contribution in [3.05, 3.63) is 42.0 Å². The van der Waals surface area contributed by atoms with E-state index in [1.54, 1.807) is 18.3 Å². The molecule has 6 heteroatoms. The van der Waals surface area contributed by atoms with Crippen LogP contribution in [-0.2, 0) is 13.1 Å². The molecule has 24 heavy (non-hydrogen) atoms. The molecule has 0 bridgehead atoms. The van der Waals surface area contributed by atoms with Gasteiger partial charge < -0.3 is 10.2 Å². The highest BCUT2D eigenvalue weighted by Gasteiger charge is 2.26. The summed E-state index contributed by atoms with van der Waals surface area (Å²) in [6.07, 6.45) is 6.37. The second-order valence-corrected chi connectivity index (χ2v) is 6.59. The van der Waals surface area contributed by atoms with Crippen molar-refractivity contribution in [1.29, 1.82) is 0 Å². The maximum atomic E-state index is 13.1. The first-order valence-corrected chi connectivity index (χ1v) is 8.57. The molecule has 1 aliphatic heterocycles. The normalized spacial score (nSPS) is 17.8.